The monoisotopic (exact) mass is 642 g/mol. The molecule has 0 bridgehead atoms. The fourth-order valence-corrected chi connectivity index (χ4v) is 6.46. The van der Waals surface area contributed by atoms with Gasteiger partial charge in [0.2, 0.25) is 11.8 Å². The second kappa shape index (κ2) is 13.5. The van der Waals surface area contributed by atoms with Gasteiger partial charge in [0.1, 0.15) is 29.4 Å². The third kappa shape index (κ3) is 7.50. The lowest BCUT2D eigenvalue weighted by molar-refractivity contribution is -0.124. The Morgan fingerprint density at radius 1 is 0.957 bits per heavy atom. The molecular formula is C35H39ClN6O4. The molecule has 2 amide bonds. The van der Waals surface area contributed by atoms with Gasteiger partial charge in [0.15, 0.2) is 0 Å². The molecule has 0 radical (unpaired) electrons. The summed E-state index contributed by atoms with van der Waals surface area (Å²) in [5.74, 6) is 2.20. The number of ether oxygens (including phenoxy) is 2. The number of nitrogens with zero attached hydrogens (tertiary/aromatic N) is 4. The fraction of sp³-hybridized carbons (Fsp3) is 0.400. The Bertz CT molecular complexity index is 1670. The van der Waals surface area contributed by atoms with E-state index in [-0.39, 0.29) is 24.0 Å². The summed E-state index contributed by atoms with van der Waals surface area (Å²) >= 11 is 6.49. The van der Waals surface area contributed by atoms with Crippen molar-refractivity contribution in [3.8, 4) is 11.6 Å². The van der Waals surface area contributed by atoms with E-state index in [0.717, 1.165) is 48.6 Å². The van der Waals surface area contributed by atoms with Crippen LogP contribution < -0.4 is 15.4 Å². The maximum atomic E-state index is 13.9. The molecule has 3 heterocycles. The number of aromatic nitrogens is 4. The van der Waals surface area contributed by atoms with Crippen LogP contribution in [0.5, 0.6) is 5.88 Å². The van der Waals surface area contributed by atoms with E-state index < -0.39 is 17.7 Å². The highest BCUT2D eigenvalue weighted by molar-refractivity contribution is 6.30. The van der Waals surface area contributed by atoms with Gasteiger partial charge in [0, 0.05) is 35.7 Å². The molecule has 6 rings (SSSR count). The first kappa shape index (κ1) is 31.5. The van der Waals surface area contributed by atoms with Crippen molar-refractivity contribution in [1.82, 2.24) is 30.4 Å². The summed E-state index contributed by atoms with van der Waals surface area (Å²) in [7, 11) is 0. The zero-order valence-corrected chi connectivity index (χ0v) is 27.0. The minimum atomic E-state index is -0.949. The lowest BCUT2D eigenvalue weighted by Crippen LogP contribution is -2.46. The van der Waals surface area contributed by atoms with Crippen LogP contribution in [0.3, 0.4) is 0 Å². The number of halogens is 1. The summed E-state index contributed by atoms with van der Waals surface area (Å²) < 4.78 is 13.8. The van der Waals surface area contributed by atoms with Gasteiger partial charge in [-0.05, 0) is 88.3 Å². The van der Waals surface area contributed by atoms with Crippen molar-refractivity contribution in [2.75, 3.05) is 0 Å². The van der Waals surface area contributed by atoms with Crippen molar-refractivity contribution in [3.63, 3.8) is 0 Å². The summed E-state index contributed by atoms with van der Waals surface area (Å²) in [5, 5.41) is 15.9. The highest BCUT2D eigenvalue weighted by Crippen LogP contribution is 2.37. The zero-order chi connectivity index (χ0) is 32.3. The summed E-state index contributed by atoms with van der Waals surface area (Å²) in [6.07, 6.45) is 5.77. The van der Waals surface area contributed by atoms with E-state index >= 15 is 0 Å². The average molecular weight is 643 g/mol. The standard InChI is InChI=1S/C35H39ClN6O4/c1-35(2,3)46-34(44)39-31(22-9-5-4-6-10-22)33(43)38-26-20-24-19-25(36)14-17-28(24)42-29(21-26)40-41-32(42)23-12-15-27(16-13-23)45-30-11-7-8-18-37-30/h4-11,14,17-19,23,26-27,31H,12-13,15-16,20-21H2,1-3H3,(H,38,43)(H,39,44)/t23-,26-,27-,31-/m1/s1. The Hall–Kier alpha value is -4.44. The maximum absolute atomic E-state index is 13.9. The molecule has 2 aromatic carbocycles. The molecule has 0 spiro atoms. The van der Waals surface area contributed by atoms with Crippen LogP contribution in [0.1, 0.15) is 81.2 Å². The Kier molecular flexibility index (Phi) is 9.26. The van der Waals surface area contributed by atoms with Crippen LogP contribution in [0.2, 0.25) is 5.02 Å². The lowest BCUT2D eigenvalue weighted by atomic mass is 9.86. The molecule has 2 atom stereocenters. The Morgan fingerprint density at radius 3 is 2.43 bits per heavy atom. The van der Waals surface area contributed by atoms with Gasteiger partial charge >= 0.3 is 6.09 Å². The lowest BCUT2D eigenvalue weighted by Gasteiger charge is -2.28. The van der Waals surface area contributed by atoms with Crippen LogP contribution in [0.4, 0.5) is 4.79 Å². The summed E-state index contributed by atoms with van der Waals surface area (Å²) in [4.78, 5) is 30.9. The van der Waals surface area contributed by atoms with Crippen LogP contribution in [0.25, 0.3) is 5.69 Å². The number of fused-ring (bicyclic) bond motifs is 3. The number of carbonyl (C=O) groups excluding carboxylic acids is 2. The number of amides is 2. The van der Waals surface area contributed by atoms with Crippen molar-refractivity contribution in [1.29, 1.82) is 0 Å². The molecule has 10 nitrogen and oxygen atoms in total. The molecule has 1 aliphatic carbocycles. The molecule has 1 aliphatic heterocycles. The Morgan fingerprint density at radius 2 is 1.72 bits per heavy atom. The van der Waals surface area contributed by atoms with E-state index in [2.05, 4.69) is 25.3 Å². The minimum absolute atomic E-state index is 0.107. The summed E-state index contributed by atoms with van der Waals surface area (Å²) in [5.41, 5.74) is 1.89. The minimum Gasteiger partial charge on any atom is -0.474 e. The van der Waals surface area contributed by atoms with Crippen LogP contribution >= 0.6 is 11.6 Å². The molecule has 240 valence electrons. The first-order valence-corrected chi connectivity index (χ1v) is 16.2. The molecule has 0 saturated heterocycles. The fourth-order valence-electron chi connectivity index (χ4n) is 6.27. The van der Waals surface area contributed by atoms with Crippen molar-refractivity contribution in [2.24, 2.45) is 0 Å². The van der Waals surface area contributed by atoms with E-state index in [1.165, 1.54) is 0 Å². The SMILES string of the molecule is CC(C)(C)OC(=O)N[C@@H](C(=O)N[C@@H]1Cc2cc(Cl)ccc2-n2c(nnc2[C@H]2CC[C@H](Oc3ccccn3)CC2)C1)c1ccccc1. The number of carbonyl (C=O) groups is 2. The van der Waals surface area contributed by atoms with E-state index in [9.17, 15) is 9.59 Å². The Labute approximate surface area is 273 Å². The molecular weight excluding hydrogens is 604 g/mol. The Balaban J connectivity index is 1.22. The molecule has 46 heavy (non-hydrogen) atoms. The van der Waals surface area contributed by atoms with Gasteiger partial charge < -0.3 is 20.1 Å². The van der Waals surface area contributed by atoms with Crippen molar-refractivity contribution < 1.29 is 19.1 Å². The number of rotatable bonds is 7. The molecule has 1 fully saturated rings. The maximum Gasteiger partial charge on any atom is 0.408 e. The van der Waals surface area contributed by atoms with Gasteiger partial charge in [-0.25, -0.2) is 9.78 Å². The van der Waals surface area contributed by atoms with E-state index in [1.807, 2.05) is 66.7 Å². The van der Waals surface area contributed by atoms with Gasteiger partial charge in [0.25, 0.3) is 0 Å². The summed E-state index contributed by atoms with van der Waals surface area (Å²) in [6, 6.07) is 19.4. The summed E-state index contributed by atoms with van der Waals surface area (Å²) in [6.45, 7) is 5.35. The average Bonchev–Trinajstić information content (AvgIpc) is 3.36. The third-order valence-electron chi connectivity index (χ3n) is 8.30. The van der Waals surface area contributed by atoms with Gasteiger partial charge in [-0.1, -0.05) is 48.0 Å². The molecule has 2 N–H and O–H groups in total. The van der Waals surface area contributed by atoms with Gasteiger partial charge in [-0.2, -0.15) is 0 Å². The van der Waals surface area contributed by atoms with Gasteiger partial charge in [-0.15, -0.1) is 10.2 Å². The molecule has 2 aliphatic rings. The van der Waals surface area contributed by atoms with Crippen molar-refractivity contribution >= 4 is 23.6 Å². The van der Waals surface area contributed by atoms with Crippen LogP contribution in [-0.2, 0) is 22.4 Å². The molecule has 1 saturated carbocycles. The largest absolute Gasteiger partial charge is 0.474 e. The van der Waals surface area contributed by atoms with Crippen LogP contribution in [0.15, 0.2) is 72.9 Å². The molecule has 11 heteroatoms. The van der Waals surface area contributed by atoms with E-state index in [0.29, 0.717) is 29.3 Å². The third-order valence-corrected chi connectivity index (χ3v) is 8.54. The first-order valence-electron chi connectivity index (χ1n) is 15.8. The zero-order valence-electron chi connectivity index (χ0n) is 26.3. The highest BCUT2D eigenvalue weighted by Gasteiger charge is 2.34. The van der Waals surface area contributed by atoms with Crippen LogP contribution in [0, 0.1) is 0 Å². The number of hydrogen-bond acceptors (Lipinski definition) is 7. The van der Waals surface area contributed by atoms with Crippen LogP contribution in [-0.4, -0.2) is 49.5 Å². The number of pyridine rings is 1. The predicted molar refractivity (Wildman–Crippen MR) is 174 cm³/mol. The normalized spacial score (nSPS) is 20.0. The smallest absolute Gasteiger partial charge is 0.408 e. The van der Waals surface area contributed by atoms with Gasteiger partial charge in [-0.3, -0.25) is 9.36 Å². The quantitative estimate of drug-likeness (QED) is 0.244. The number of benzene rings is 2. The van der Waals surface area contributed by atoms with E-state index in [4.69, 9.17) is 26.2 Å². The first-order chi connectivity index (χ1) is 22.1. The number of alkyl carbamates (subject to hydrolysis) is 1. The topological polar surface area (TPSA) is 120 Å². The predicted octanol–water partition coefficient (Wildman–Crippen LogP) is 6.27. The molecule has 4 aromatic rings. The molecule has 0 unspecified atom stereocenters. The highest BCUT2D eigenvalue weighted by atomic mass is 35.5. The number of nitrogens with one attached hydrogen (secondary N) is 2. The van der Waals surface area contributed by atoms with E-state index in [1.54, 1.807) is 27.0 Å². The number of hydrogen-bond donors (Lipinski definition) is 2. The molecule has 2 aromatic heterocycles. The van der Waals surface area contributed by atoms with Gasteiger partial charge in [0.05, 0.1) is 5.69 Å². The second-order valence-electron chi connectivity index (χ2n) is 12.9. The second-order valence-corrected chi connectivity index (χ2v) is 13.4. The van der Waals surface area contributed by atoms with Crippen molar-refractivity contribution in [2.45, 2.75) is 89.0 Å². The van der Waals surface area contributed by atoms with Crippen molar-refractivity contribution in [3.05, 3.63) is 101 Å².